The van der Waals surface area contributed by atoms with E-state index in [1.807, 2.05) is 0 Å². The minimum absolute atomic E-state index is 0.114. The van der Waals surface area contributed by atoms with Gasteiger partial charge in [0.15, 0.2) is 9.84 Å². The number of aryl methyl sites for hydroxylation is 2. The van der Waals surface area contributed by atoms with Gasteiger partial charge in [0.1, 0.15) is 5.76 Å². The molecule has 0 bridgehead atoms. The van der Waals surface area contributed by atoms with E-state index in [1.165, 1.54) is 18.2 Å². The number of aromatic carboxylic acids is 1. The Morgan fingerprint density at radius 2 is 1.74 bits per heavy atom. The fourth-order valence-corrected chi connectivity index (χ4v) is 3.45. The van der Waals surface area contributed by atoms with E-state index in [-0.39, 0.29) is 10.5 Å². The van der Waals surface area contributed by atoms with E-state index < -0.39 is 15.8 Å². The molecule has 3 rings (SSSR count). The lowest BCUT2D eigenvalue weighted by Gasteiger charge is -2.11. The van der Waals surface area contributed by atoms with Gasteiger partial charge in [0, 0.05) is 23.2 Å². The van der Waals surface area contributed by atoms with Gasteiger partial charge in [-0.25, -0.2) is 13.2 Å². The SMILES string of the molecule is Cc1noc(C)c1-c1cc(Nc2ccc(S(C)(=O)=O)cc2)cc(C(=O)O)c1. The molecule has 7 nitrogen and oxygen atoms in total. The third-order valence-electron chi connectivity index (χ3n) is 4.07. The first kappa shape index (κ1) is 18.7. The fraction of sp³-hybridized carbons (Fsp3) is 0.158. The average molecular weight is 386 g/mol. The maximum atomic E-state index is 11.6. The van der Waals surface area contributed by atoms with Crippen molar-refractivity contribution >= 4 is 27.2 Å². The number of anilines is 2. The molecule has 27 heavy (non-hydrogen) atoms. The van der Waals surface area contributed by atoms with Crippen molar-refractivity contribution in [2.75, 3.05) is 11.6 Å². The van der Waals surface area contributed by atoms with E-state index >= 15 is 0 Å². The number of sulfone groups is 1. The van der Waals surface area contributed by atoms with Gasteiger partial charge in [-0.2, -0.15) is 0 Å². The van der Waals surface area contributed by atoms with Crippen LogP contribution in [0.1, 0.15) is 21.8 Å². The zero-order valence-corrected chi connectivity index (χ0v) is 15.8. The summed E-state index contributed by atoms with van der Waals surface area (Å²) in [5, 5.41) is 16.5. The highest BCUT2D eigenvalue weighted by molar-refractivity contribution is 7.90. The molecule has 0 aliphatic heterocycles. The topological polar surface area (TPSA) is 110 Å². The van der Waals surface area contributed by atoms with Crippen molar-refractivity contribution in [3.05, 3.63) is 59.5 Å². The standard InChI is InChI=1S/C19H18N2O5S/c1-11-18(12(2)26-21-11)13-8-14(19(22)23)10-16(9-13)20-15-4-6-17(7-5-15)27(3,24)25/h4-10,20H,1-3H3,(H,22,23). The number of hydrogen-bond acceptors (Lipinski definition) is 6. The van der Waals surface area contributed by atoms with E-state index in [0.29, 0.717) is 28.4 Å². The average Bonchev–Trinajstić information content (AvgIpc) is 2.93. The molecule has 1 heterocycles. The molecule has 0 unspecified atom stereocenters. The summed E-state index contributed by atoms with van der Waals surface area (Å²) in [6, 6.07) is 11.1. The molecular weight excluding hydrogens is 368 g/mol. The van der Waals surface area contributed by atoms with Gasteiger partial charge in [0.05, 0.1) is 16.2 Å². The van der Waals surface area contributed by atoms with Crippen molar-refractivity contribution in [2.45, 2.75) is 18.7 Å². The van der Waals surface area contributed by atoms with Gasteiger partial charge in [-0.15, -0.1) is 0 Å². The largest absolute Gasteiger partial charge is 0.478 e. The molecule has 0 aliphatic carbocycles. The second-order valence-corrected chi connectivity index (χ2v) is 8.24. The highest BCUT2D eigenvalue weighted by atomic mass is 32.2. The molecule has 1 aromatic heterocycles. The Labute approximate surface area is 156 Å². The molecule has 140 valence electrons. The van der Waals surface area contributed by atoms with E-state index in [0.717, 1.165) is 11.8 Å². The lowest BCUT2D eigenvalue weighted by atomic mass is 10.0. The van der Waals surface area contributed by atoms with Gasteiger partial charge in [-0.1, -0.05) is 5.16 Å². The summed E-state index contributed by atoms with van der Waals surface area (Å²) >= 11 is 0. The minimum Gasteiger partial charge on any atom is -0.478 e. The van der Waals surface area contributed by atoms with Crippen LogP contribution in [0.4, 0.5) is 11.4 Å². The molecule has 2 N–H and O–H groups in total. The first-order valence-electron chi connectivity index (χ1n) is 8.04. The number of carboxylic acids is 1. The lowest BCUT2D eigenvalue weighted by Crippen LogP contribution is -2.00. The lowest BCUT2D eigenvalue weighted by molar-refractivity contribution is 0.0697. The number of aromatic nitrogens is 1. The van der Waals surface area contributed by atoms with Crippen LogP contribution < -0.4 is 5.32 Å². The van der Waals surface area contributed by atoms with Gasteiger partial charge in [-0.3, -0.25) is 0 Å². The number of carbonyl (C=O) groups is 1. The summed E-state index contributed by atoms with van der Waals surface area (Å²) in [7, 11) is -3.28. The van der Waals surface area contributed by atoms with Gasteiger partial charge in [-0.05, 0) is 61.9 Å². The maximum Gasteiger partial charge on any atom is 0.335 e. The molecular formula is C19H18N2O5S. The third kappa shape index (κ3) is 4.01. The minimum atomic E-state index is -3.28. The summed E-state index contributed by atoms with van der Waals surface area (Å²) < 4.78 is 28.3. The summed E-state index contributed by atoms with van der Waals surface area (Å²) in [5.74, 6) is -0.461. The molecule has 0 atom stereocenters. The van der Waals surface area contributed by atoms with Crippen molar-refractivity contribution < 1.29 is 22.8 Å². The van der Waals surface area contributed by atoms with Crippen molar-refractivity contribution in [2.24, 2.45) is 0 Å². The van der Waals surface area contributed by atoms with Gasteiger partial charge in [0.2, 0.25) is 0 Å². The number of rotatable bonds is 5. The van der Waals surface area contributed by atoms with Crippen LogP contribution >= 0.6 is 0 Å². The quantitative estimate of drug-likeness (QED) is 0.686. The van der Waals surface area contributed by atoms with Gasteiger partial charge >= 0.3 is 5.97 Å². The summed E-state index contributed by atoms with van der Waals surface area (Å²) in [4.78, 5) is 11.7. The van der Waals surface area contributed by atoms with E-state index in [4.69, 9.17) is 4.52 Å². The highest BCUT2D eigenvalue weighted by Crippen LogP contribution is 2.31. The number of nitrogens with one attached hydrogen (secondary N) is 1. The Balaban J connectivity index is 2.01. The van der Waals surface area contributed by atoms with Crippen LogP contribution in [0.3, 0.4) is 0 Å². The maximum absolute atomic E-state index is 11.6. The zero-order chi connectivity index (χ0) is 19.8. The van der Waals surface area contributed by atoms with Crippen LogP contribution in [0.5, 0.6) is 0 Å². The van der Waals surface area contributed by atoms with Crippen LogP contribution in [0.25, 0.3) is 11.1 Å². The summed E-state index contributed by atoms with van der Waals surface area (Å²) in [5.41, 5.74) is 3.38. The van der Waals surface area contributed by atoms with Crippen LogP contribution in [0.15, 0.2) is 51.9 Å². The van der Waals surface area contributed by atoms with Crippen molar-refractivity contribution in [3.8, 4) is 11.1 Å². The Bertz CT molecular complexity index is 1100. The molecule has 3 aromatic rings. The van der Waals surface area contributed by atoms with Gasteiger partial charge < -0.3 is 14.9 Å². The third-order valence-corrected chi connectivity index (χ3v) is 5.20. The summed E-state index contributed by atoms with van der Waals surface area (Å²) in [6.07, 6.45) is 1.14. The Hall–Kier alpha value is -3.13. The van der Waals surface area contributed by atoms with E-state index in [1.54, 1.807) is 38.1 Å². The molecule has 0 radical (unpaired) electrons. The predicted molar refractivity (Wildman–Crippen MR) is 101 cm³/mol. The Morgan fingerprint density at radius 1 is 1.07 bits per heavy atom. The van der Waals surface area contributed by atoms with Crippen LogP contribution in [0.2, 0.25) is 0 Å². The smallest absolute Gasteiger partial charge is 0.335 e. The number of hydrogen-bond donors (Lipinski definition) is 2. The first-order chi connectivity index (χ1) is 12.6. The molecule has 0 spiro atoms. The van der Waals surface area contributed by atoms with Gasteiger partial charge in [0.25, 0.3) is 0 Å². The molecule has 0 aliphatic rings. The van der Waals surface area contributed by atoms with E-state index in [9.17, 15) is 18.3 Å². The summed E-state index contributed by atoms with van der Waals surface area (Å²) in [6.45, 7) is 3.55. The predicted octanol–water partition coefficient (Wildman–Crippen LogP) is 3.80. The molecule has 0 amide bonds. The fourth-order valence-electron chi connectivity index (χ4n) is 2.81. The van der Waals surface area contributed by atoms with Crippen LogP contribution in [-0.2, 0) is 9.84 Å². The van der Waals surface area contributed by atoms with Crippen LogP contribution in [-0.4, -0.2) is 30.9 Å². The zero-order valence-electron chi connectivity index (χ0n) is 15.0. The van der Waals surface area contributed by atoms with Crippen molar-refractivity contribution in [1.82, 2.24) is 5.16 Å². The first-order valence-corrected chi connectivity index (χ1v) is 9.93. The highest BCUT2D eigenvalue weighted by Gasteiger charge is 2.15. The molecule has 0 saturated carbocycles. The monoisotopic (exact) mass is 386 g/mol. The molecule has 0 saturated heterocycles. The van der Waals surface area contributed by atoms with Crippen molar-refractivity contribution in [3.63, 3.8) is 0 Å². The van der Waals surface area contributed by atoms with Crippen molar-refractivity contribution in [1.29, 1.82) is 0 Å². The number of benzene rings is 2. The second kappa shape index (κ2) is 6.88. The molecule has 2 aromatic carbocycles. The Morgan fingerprint density at radius 3 is 2.26 bits per heavy atom. The molecule has 0 fully saturated rings. The second-order valence-electron chi connectivity index (χ2n) is 6.22. The number of carboxylic acid groups (broad SMARTS) is 1. The van der Waals surface area contributed by atoms with Crippen LogP contribution in [0, 0.1) is 13.8 Å². The number of nitrogens with zero attached hydrogens (tertiary/aromatic N) is 1. The normalized spacial score (nSPS) is 11.4. The Kier molecular flexibility index (Phi) is 4.75. The molecule has 8 heteroatoms. The van der Waals surface area contributed by atoms with E-state index in [2.05, 4.69) is 10.5 Å².